The molecule has 3 heterocycles. The lowest BCUT2D eigenvalue weighted by Crippen LogP contribution is -1.93. The minimum Gasteiger partial charge on any atom is -0.299 e. The van der Waals surface area contributed by atoms with Crippen molar-refractivity contribution in [1.29, 1.82) is 0 Å². The first kappa shape index (κ1) is 13.0. The molecule has 0 aliphatic carbocycles. The summed E-state index contributed by atoms with van der Waals surface area (Å²) in [6.07, 6.45) is 0. The van der Waals surface area contributed by atoms with Crippen LogP contribution in [0.4, 0.5) is 11.1 Å². The van der Waals surface area contributed by atoms with Crippen LogP contribution in [0.3, 0.4) is 0 Å². The van der Waals surface area contributed by atoms with Crippen molar-refractivity contribution in [2.45, 2.75) is 13.8 Å². The quantitative estimate of drug-likeness (QED) is 0.589. The predicted molar refractivity (Wildman–Crippen MR) is 88.3 cm³/mol. The zero-order valence-electron chi connectivity index (χ0n) is 11.2. The average Bonchev–Trinajstić information content (AvgIpc) is 3.07. The maximum Gasteiger partial charge on any atom is 0.250 e. The van der Waals surface area contributed by atoms with Gasteiger partial charge in [-0.1, -0.05) is 34.3 Å². The molecular weight excluding hydrogens is 326 g/mol. The lowest BCUT2D eigenvalue weighted by atomic mass is 10.3. The Hall–Kier alpha value is -1.70. The van der Waals surface area contributed by atoms with E-state index in [1.165, 1.54) is 16.2 Å². The van der Waals surface area contributed by atoms with E-state index in [-0.39, 0.29) is 0 Å². The number of rotatable bonds is 2. The summed E-state index contributed by atoms with van der Waals surface area (Å²) in [7, 11) is 0. The largest absolute Gasteiger partial charge is 0.299 e. The van der Waals surface area contributed by atoms with Crippen LogP contribution in [0.25, 0.3) is 15.2 Å². The van der Waals surface area contributed by atoms with E-state index in [2.05, 4.69) is 27.3 Å². The second-order valence-corrected chi connectivity index (χ2v) is 7.28. The molecular formula is C13H10ClN5S2. The van der Waals surface area contributed by atoms with Gasteiger partial charge in [-0.25, -0.2) is 9.50 Å². The summed E-state index contributed by atoms with van der Waals surface area (Å²) in [5.41, 5.74) is 2.03. The topological polar surface area (TPSA) is 55.1 Å². The van der Waals surface area contributed by atoms with Crippen LogP contribution in [-0.2, 0) is 0 Å². The molecule has 0 aliphatic heterocycles. The molecule has 4 aromatic rings. The van der Waals surface area contributed by atoms with Gasteiger partial charge < -0.3 is 0 Å². The molecule has 4 rings (SSSR count). The van der Waals surface area contributed by atoms with Gasteiger partial charge in [-0.3, -0.25) is 5.32 Å². The minimum absolute atomic E-state index is 0.564. The molecule has 0 unspecified atom stereocenters. The fourth-order valence-corrected chi connectivity index (χ4v) is 4.08. The number of fused-ring (bicyclic) bond motifs is 2. The van der Waals surface area contributed by atoms with Gasteiger partial charge in [0.05, 0.1) is 15.9 Å². The summed E-state index contributed by atoms with van der Waals surface area (Å²) in [6, 6.07) is 5.66. The summed E-state index contributed by atoms with van der Waals surface area (Å²) < 4.78 is 2.89. The molecule has 8 heteroatoms. The van der Waals surface area contributed by atoms with Crippen molar-refractivity contribution in [2.75, 3.05) is 5.32 Å². The highest BCUT2D eigenvalue weighted by atomic mass is 35.5. The number of aryl methyl sites for hydroxylation is 2. The number of hydrogen-bond donors (Lipinski definition) is 1. The van der Waals surface area contributed by atoms with Crippen LogP contribution >= 0.6 is 34.3 Å². The van der Waals surface area contributed by atoms with Crippen molar-refractivity contribution >= 4 is 60.5 Å². The van der Waals surface area contributed by atoms with Crippen LogP contribution in [0.15, 0.2) is 18.2 Å². The Morgan fingerprint density at radius 3 is 2.86 bits per heavy atom. The average molecular weight is 336 g/mol. The van der Waals surface area contributed by atoms with Crippen LogP contribution in [0, 0.1) is 13.8 Å². The first-order chi connectivity index (χ1) is 10.1. The van der Waals surface area contributed by atoms with Crippen molar-refractivity contribution in [2.24, 2.45) is 0 Å². The molecule has 0 spiro atoms. The van der Waals surface area contributed by atoms with Crippen LogP contribution in [0.2, 0.25) is 5.02 Å². The molecule has 0 atom stereocenters. The van der Waals surface area contributed by atoms with E-state index in [1.807, 2.05) is 29.6 Å². The highest BCUT2D eigenvalue weighted by Crippen LogP contribution is 2.30. The van der Waals surface area contributed by atoms with Crippen LogP contribution in [0.5, 0.6) is 0 Å². The highest BCUT2D eigenvalue weighted by Gasteiger charge is 2.12. The summed E-state index contributed by atoms with van der Waals surface area (Å²) in [6.45, 7) is 4.11. The van der Waals surface area contributed by atoms with Crippen molar-refractivity contribution in [3.05, 3.63) is 33.8 Å². The van der Waals surface area contributed by atoms with E-state index in [1.54, 1.807) is 11.3 Å². The fraction of sp³-hybridized carbons (Fsp3) is 0.154. The molecule has 0 amide bonds. The third-order valence-corrected chi connectivity index (χ3v) is 5.44. The lowest BCUT2D eigenvalue weighted by molar-refractivity contribution is 0.928. The standard InChI is InChI=1S/C13H10ClN5S2/c1-6-7(2)20-13-17-11(18-19(6)13)16-12-15-9-4-3-8(14)5-10(9)21-12/h3-5H,1-2H3,(H,15,16,18). The Labute approximate surface area is 133 Å². The van der Waals surface area contributed by atoms with Crippen molar-refractivity contribution in [3.63, 3.8) is 0 Å². The van der Waals surface area contributed by atoms with Gasteiger partial charge in [-0.15, -0.1) is 5.10 Å². The van der Waals surface area contributed by atoms with E-state index in [0.717, 1.165) is 26.0 Å². The molecule has 0 bridgehead atoms. The number of benzene rings is 1. The van der Waals surface area contributed by atoms with Gasteiger partial charge >= 0.3 is 0 Å². The number of halogens is 1. The Morgan fingerprint density at radius 2 is 2.05 bits per heavy atom. The van der Waals surface area contributed by atoms with E-state index in [9.17, 15) is 0 Å². The van der Waals surface area contributed by atoms with Crippen molar-refractivity contribution < 1.29 is 0 Å². The molecule has 5 nitrogen and oxygen atoms in total. The predicted octanol–water partition coefficient (Wildman–Crippen LogP) is 4.41. The molecule has 1 aromatic carbocycles. The van der Waals surface area contributed by atoms with Crippen LogP contribution in [-0.4, -0.2) is 19.6 Å². The Balaban J connectivity index is 1.71. The first-order valence-electron chi connectivity index (χ1n) is 6.26. The van der Waals surface area contributed by atoms with Gasteiger partial charge in [0.1, 0.15) is 0 Å². The second kappa shape index (κ2) is 4.66. The number of hydrogen-bond acceptors (Lipinski definition) is 6. The first-order valence-corrected chi connectivity index (χ1v) is 8.27. The van der Waals surface area contributed by atoms with E-state index >= 15 is 0 Å². The monoisotopic (exact) mass is 335 g/mol. The van der Waals surface area contributed by atoms with Crippen LogP contribution < -0.4 is 5.32 Å². The van der Waals surface area contributed by atoms with Crippen LogP contribution in [0.1, 0.15) is 10.6 Å². The smallest absolute Gasteiger partial charge is 0.250 e. The minimum atomic E-state index is 0.564. The number of aromatic nitrogens is 4. The zero-order valence-corrected chi connectivity index (χ0v) is 13.6. The summed E-state index contributed by atoms with van der Waals surface area (Å²) >= 11 is 9.16. The van der Waals surface area contributed by atoms with E-state index in [0.29, 0.717) is 11.0 Å². The van der Waals surface area contributed by atoms with Crippen molar-refractivity contribution in [1.82, 2.24) is 19.6 Å². The summed E-state index contributed by atoms with van der Waals surface area (Å²) in [4.78, 5) is 11.1. The normalized spacial score (nSPS) is 11.6. The number of nitrogens with zero attached hydrogens (tertiary/aromatic N) is 4. The fourth-order valence-electron chi connectivity index (χ4n) is 2.04. The number of nitrogens with one attached hydrogen (secondary N) is 1. The Bertz CT molecular complexity index is 968. The van der Waals surface area contributed by atoms with Gasteiger partial charge in [0.2, 0.25) is 10.9 Å². The summed E-state index contributed by atoms with van der Waals surface area (Å²) in [5, 5.41) is 9.10. The van der Waals surface area contributed by atoms with Gasteiger partial charge in [0, 0.05) is 9.90 Å². The van der Waals surface area contributed by atoms with Gasteiger partial charge in [0.15, 0.2) is 5.13 Å². The maximum atomic E-state index is 5.99. The molecule has 0 aliphatic rings. The zero-order chi connectivity index (χ0) is 14.6. The van der Waals surface area contributed by atoms with E-state index < -0.39 is 0 Å². The molecule has 0 fully saturated rings. The molecule has 0 radical (unpaired) electrons. The third kappa shape index (κ3) is 2.17. The summed E-state index contributed by atoms with van der Waals surface area (Å²) in [5.74, 6) is 0.564. The number of thiazole rings is 2. The highest BCUT2D eigenvalue weighted by molar-refractivity contribution is 7.22. The molecule has 1 N–H and O–H groups in total. The lowest BCUT2D eigenvalue weighted by Gasteiger charge is -1.94. The van der Waals surface area contributed by atoms with Gasteiger partial charge in [0.25, 0.3) is 0 Å². The number of anilines is 2. The van der Waals surface area contributed by atoms with Gasteiger partial charge in [-0.05, 0) is 32.0 Å². The van der Waals surface area contributed by atoms with Crippen molar-refractivity contribution in [3.8, 4) is 0 Å². The maximum absolute atomic E-state index is 5.99. The molecule has 3 aromatic heterocycles. The second-order valence-electron chi connectivity index (χ2n) is 4.63. The molecule has 0 saturated carbocycles. The molecule has 106 valence electrons. The molecule has 21 heavy (non-hydrogen) atoms. The Kier molecular flexibility index (Phi) is 2.88. The van der Waals surface area contributed by atoms with Gasteiger partial charge in [-0.2, -0.15) is 4.98 Å². The van der Waals surface area contributed by atoms with E-state index in [4.69, 9.17) is 11.6 Å². The molecule has 0 saturated heterocycles. The SMILES string of the molecule is Cc1sc2nc(Nc3nc4ccc(Cl)cc4s3)nn2c1C. The Morgan fingerprint density at radius 1 is 1.19 bits per heavy atom. The third-order valence-electron chi connectivity index (χ3n) is 3.22.